The Morgan fingerprint density at radius 2 is 1.81 bits per heavy atom. The minimum absolute atomic E-state index is 0.0787. The van der Waals surface area contributed by atoms with Gasteiger partial charge in [0.1, 0.15) is 5.75 Å². The molecule has 0 spiro atoms. The van der Waals surface area contributed by atoms with Crippen LogP contribution in [0.2, 0.25) is 10.0 Å². The summed E-state index contributed by atoms with van der Waals surface area (Å²) >= 11 is 12.1. The van der Waals surface area contributed by atoms with Gasteiger partial charge in [-0.25, -0.2) is 0 Å². The second kappa shape index (κ2) is 8.83. The normalized spacial score (nSPS) is 16.1. The van der Waals surface area contributed by atoms with Crippen LogP contribution in [0.5, 0.6) is 5.75 Å². The Hall–Kier alpha value is -1.95. The topological polar surface area (TPSA) is 44.8 Å². The average molecular weight is 408 g/mol. The monoisotopic (exact) mass is 407 g/mol. The first-order valence-corrected chi connectivity index (χ1v) is 9.63. The molecule has 0 aliphatic carbocycles. The van der Waals surface area contributed by atoms with Gasteiger partial charge in [0.05, 0.1) is 29.5 Å². The number of ether oxygens (including phenoxy) is 1. The van der Waals surface area contributed by atoms with Crippen LogP contribution in [0.1, 0.15) is 6.92 Å². The molecule has 1 aliphatic rings. The van der Waals surface area contributed by atoms with Crippen molar-refractivity contribution in [1.82, 2.24) is 4.90 Å². The molecule has 1 amide bonds. The van der Waals surface area contributed by atoms with Gasteiger partial charge in [0, 0.05) is 31.2 Å². The number of rotatable bonds is 5. The highest BCUT2D eigenvalue weighted by atomic mass is 35.5. The highest BCUT2D eigenvalue weighted by Gasteiger charge is 2.27. The van der Waals surface area contributed by atoms with Crippen molar-refractivity contribution < 1.29 is 9.53 Å². The van der Waals surface area contributed by atoms with Crippen molar-refractivity contribution in [3.63, 3.8) is 0 Å². The van der Waals surface area contributed by atoms with Gasteiger partial charge in [-0.15, -0.1) is 0 Å². The van der Waals surface area contributed by atoms with Crippen LogP contribution in [-0.2, 0) is 4.79 Å². The molecule has 1 N–H and O–H groups in total. The van der Waals surface area contributed by atoms with E-state index in [1.165, 1.54) is 0 Å². The summed E-state index contributed by atoms with van der Waals surface area (Å²) in [4.78, 5) is 17.1. The first-order chi connectivity index (χ1) is 13.0. The summed E-state index contributed by atoms with van der Waals surface area (Å²) in [6.07, 6.45) is 0. The van der Waals surface area contributed by atoms with E-state index in [1.54, 1.807) is 25.3 Å². The second-order valence-corrected chi connectivity index (χ2v) is 7.33. The van der Waals surface area contributed by atoms with Gasteiger partial charge in [0.25, 0.3) is 0 Å². The van der Waals surface area contributed by atoms with Crippen molar-refractivity contribution in [2.45, 2.75) is 13.0 Å². The lowest BCUT2D eigenvalue weighted by molar-refractivity contribution is -0.120. The van der Waals surface area contributed by atoms with E-state index in [0.717, 1.165) is 37.6 Å². The molecule has 0 unspecified atom stereocenters. The molecule has 1 atom stereocenters. The lowest BCUT2D eigenvalue weighted by atomic mass is 10.2. The number of hydrogen-bond donors (Lipinski definition) is 1. The molecule has 1 heterocycles. The molecule has 1 fully saturated rings. The zero-order valence-electron chi connectivity index (χ0n) is 15.4. The van der Waals surface area contributed by atoms with Crippen molar-refractivity contribution in [1.29, 1.82) is 0 Å². The maximum Gasteiger partial charge on any atom is 0.241 e. The van der Waals surface area contributed by atoms with Crippen molar-refractivity contribution in [2.75, 3.05) is 43.5 Å². The molecular weight excluding hydrogens is 385 g/mol. The van der Waals surface area contributed by atoms with Crippen LogP contribution >= 0.6 is 23.2 Å². The number of methoxy groups -OCH3 is 1. The summed E-state index contributed by atoms with van der Waals surface area (Å²) in [5, 5.41) is 3.87. The summed E-state index contributed by atoms with van der Waals surface area (Å²) in [5.41, 5.74) is 1.66. The summed E-state index contributed by atoms with van der Waals surface area (Å²) in [5.74, 6) is 0.791. The van der Waals surface area contributed by atoms with Crippen LogP contribution in [0.15, 0.2) is 42.5 Å². The molecule has 1 saturated heterocycles. The molecule has 0 bridgehead atoms. The fourth-order valence-corrected chi connectivity index (χ4v) is 3.69. The molecule has 0 radical (unpaired) electrons. The Morgan fingerprint density at radius 1 is 1.11 bits per heavy atom. The third kappa shape index (κ3) is 4.67. The van der Waals surface area contributed by atoms with Gasteiger partial charge in [0.2, 0.25) is 5.91 Å². The predicted octanol–water partition coefficient (Wildman–Crippen LogP) is 4.15. The number of halogens is 2. The number of carbonyl (C=O) groups is 1. The van der Waals surface area contributed by atoms with Crippen LogP contribution in [0.4, 0.5) is 11.4 Å². The van der Waals surface area contributed by atoms with E-state index in [9.17, 15) is 4.79 Å². The summed E-state index contributed by atoms with van der Waals surface area (Å²) in [6, 6.07) is 12.8. The van der Waals surface area contributed by atoms with E-state index in [-0.39, 0.29) is 11.9 Å². The third-order valence-electron chi connectivity index (χ3n) is 4.86. The largest absolute Gasteiger partial charge is 0.495 e. The van der Waals surface area contributed by atoms with Crippen molar-refractivity contribution >= 4 is 40.5 Å². The number of piperazine rings is 1. The molecular formula is C20H23Cl2N3O2. The lowest BCUT2D eigenvalue weighted by Gasteiger charge is -2.38. The molecule has 2 aromatic rings. The highest BCUT2D eigenvalue weighted by molar-refractivity contribution is 6.36. The quantitative estimate of drug-likeness (QED) is 0.808. The van der Waals surface area contributed by atoms with Gasteiger partial charge in [-0.1, -0.05) is 35.3 Å². The maximum absolute atomic E-state index is 12.6. The van der Waals surface area contributed by atoms with Crippen molar-refractivity contribution in [2.24, 2.45) is 0 Å². The Kier molecular flexibility index (Phi) is 6.47. The number of benzene rings is 2. The third-order valence-corrected chi connectivity index (χ3v) is 5.40. The number of carbonyl (C=O) groups excluding carboxylic acids is 1. The summed E-state index contributed by atoms with van der Waals surface area (Å²) in [7, 11) is 1.68. The summed E-state index contributed by atoms with van der Waals surface area (Å²) in [6.45, 7) is 5.17. The molecule has 0 saturated carbocycles. The lowest BCUT2D eigenvalue weighted by Crippen LogP contribution is -2.52. The van der Waals surface area contributed by atoms with E-state index in [4.69, 9.17) is 27.9 Å². The van der Waals surface area contributed by atoms with Gasteiger partial charge in [-0.3, -0.25) is 9.69 Å². The minimum atomic E-state index is -0.253. The number of anilines is 2. The SMILES string of the molecule is COc1ccccc1N1CCN([C@@H](C)C(=O)Nc2ccc(Cl)cc2Cl)CC1. The Balaban J connectivity index is 1.59. The molecule has 7 heteroatoms. The predicted molar refractivity (Wildman–Crippen MR) is 111 cm³/mol. The Labute approximate surface area is 169 Å². The van der Waals surface area contributed by atoms with Gasteiger partial charge in [0.15, 0.2) is 0 Å². The van der Waals surface area contributed by atoms with Gasteiger partial charge in [-0.2, -0.15) is 0 Å². The van der Waals surface area contributed by atoms with Crippen LogP contribution in [0, 0.1) is 0 Å². The molecule has 27 heavy (non-hydrogen) atoms. The fraction of sp³-hybridized carbons (Fsp3) is 0.350. The van der Waals surface area contributed by atoms with Crippen LogP contribution in [-0.4, -0.2) is 50.1 Å². The first-order valence-electron chi connectivity index (χ1n) is 8.87. The van der Waals surface area contributed by atoms with Gasteiger partial charge >= 0.3 is 0 Å². The fourth-order valence-electron chi connectivity index (χ4n) is 3.23. The Morgan fingerprint density at radius 3 is 2.48 bits per heavy atom. The highest BCUT2D eigenvalue weighted by Crippen LogP contribution is 2.29. The zero-order valence-corrected chi connectivity index (χ0v) is 16.9. The number of para-hydroxylation sites is 2. The van der Waals surface area contributed by atoms with Gasteiger partial charge in [-0.05, 0) is 37.3 Å². The van der Waals surface area contributed by atoms with E-state index >= 15 is 0 Å². The average Bonchev–Trinajstić information content (AvgIpc) is 2.69. The number of nitrogens with one attached hydrogen (secondary N) is 1. The van der Waals surface area contributed by atoms with Crippen LogP contribution in [0.3, 0.4) is 0 Å². The molecule has 0 aromatic heterocycles. The molecule has 2 aromatic carbocycles. The van der Waals surface area contributed by atoms with E-state index in [1.807, 2.05) is 25.1 Å². The second-order valence-electron chi connectivity index (χ2n) is 6.48. The minimum Gasteiger partial charge on any atom is -0.495 e. The smallest absolute Gasteiger partial charge is 0.241 e. The van der Waals surface area contributed by atoms with Crippen molar-refractivity contribution in [3.05, 3.63) is 52.5 Å². The zero-order chi connectivity index (χ0) is 19.4. The van der Waals surface area contributed by atoms with E-state index in [2.05, 4.69) is 21.2 Å². The van der Waals surface area contributed by atoms with Crippen LogP contribution < -0.4 is 15.0 Å². The van der Waals surface area contributed by atoms with Crippen molar-refractivity contribution in [3.8, 4) is 5.75 Å². The standard InChI is InChI=1S/C20H23Cl2N3O2/c1-14(20(26)23-17-8-7-15(21)13-16(17)22)24-9-11-25(12-10-24)18-5-3-4-6-19(18)27-2/h3-8,13-14H,9-12H2,1-2H3,(H,23,26)/t14-/m0/s1. The summed E-state index contributed by atoms with van der Waals surface area (Å²) < 4.78 is 5.46. The molecule has 1 aliphatic heterocycles. The molecule has 144 valence electrons. The molecule has 3 rings (SSSR count). The number of hydrogen-bond acceptors (Lipinski definition) is 4. The van der Waals surface area contributed by atoms with Crippen LogP contribution in [0.25, 0.3) is 0 Å². The number of amides is 1. The van der Waals surface area contributed by atoms with E-state index in [0.29, 0.717) is 15.7 Å². The van der Waals surface area contributed by atoms with Gasteiger partial charge < -0.3 is 15.0 Å². The van der Waals surface area contributed by atoms with E-state index < -0.39 is 0 Å². The Bertz CT molecular complexity index is 808. The number of nitrogens with zero attached hydrogens (tertiary/aromatic N) is 2. The maximum atomic E-state index is 12.6. The first kappa shape index (κ1) is 19.8. The molecule has 5 nitrogen and oxygen atoms in total.